The predicted molar refractivity (Wildman–Crippen MR) is 99.3 cm³/mol. The van der Waals surface area contributed by atoms with Crippen molar-refractivity contribution in [1.29, 1.82) is 0 Å². The molecule has 0 aromatic heterocycles. The molecule has 1 fully saturated rings. The molecule has 2 aromatic carbocycles. The zero-order valence-corrected chi connectivity index (χ0v) is 15.2. The van der Waals surface area contributed by atoms with Gasteiger partial charge in [0.25, 0.3) is 0 Å². The smallest absolute Gasteiger partial charge is 0.323 e. The fourth-order valence-electron chi connectivity index (χ4n) is 3.69. The van der Waals surface area contributed by atoms with Crippen molar-refractivity contribution in [3.8, 4) is 5.75 Å². The van der Waals surface area contributed by atoms with Crippen molar-refractivity contribution < 1.29 is 19.2 Å². The summed E-state index contributed by atoms with van der Waals surface area (Å²) in [5, 5.41) is 15.1. The van der Waals surface area contributed by atoms with E-state index in [-0.39, 0.29) is 4.92 Å². The molecule has 0 bridgehead atoms. The molecule has 0 unspecified atom stereocenters. The Morgan fingerprint density at radius 1 is 1.11 bits per heavy atom. The van der Waals surface area contributed by atoms with E-state index >= 15 is 0 Å². The third-order valence-corrected chi connectivity index (χ3v) is 4.86. The van der Waals surface area contributed by atoms with E-state index in [0.717, 1.165) is 5.56 Å². The lowest BCUT2D eigenvalue weighted by molar-refractivity contribution is -0.527. The normalized spacial score (nSPS) is 24.4. The van der Waals surface area contributed by atoms with Gasteiger partial charge in [-0.05, 0) is 30.2 Å². The first-order valence-electron chi connectivity index (χ1n) is 8.82. The second-order valence-corrected chi connectivity index (χ2v) is 6.36. The van der Waals surface area contributed by atoms with E-state index in [1.165, 1.54) is 7.11 Å². The number of esters is 1. The van der Waals surface area contributed by atoms with Gasteiger partial charge >= 0.3 is 5.97 Å². The van der Waals surface area contributed by atoms with E-state index in [2.05, 4.69) is 5.32 Å². The van der Waals surface area contributed by atoms with Gasteiger partial charge in [0.2, 0.25) is 6.04 Å². The zero-order chi connectivity index (χ0) is 19.4. The molecule has 0 amide bonds. The molecule has 0 aliphatic carbocycles. The molecule has 0 radical (unpaired) electrons. The van der Waals surface area contributed by atoms with Crippen molar-refractivity contribution in [2.24, 2.45) is 0 Å². The van der Waals surface area contributed by atoms with Crippen molar-refractivity contribution in [1.82, 2.24) is 5.32 Å². The summed E-state index contributed by atoms with van der Waals surface area (Å²) in [7, 11) is 1.29. The fourth-order valence-corrected chi connectivity index (χ4v) is 3.69. The van der Waals surface area contributed by atoms with E-state index in [9.17, 15) is 14.9 Å². The molecule has 1 saturated heterocycles. The first-order valence-corrected chi connectivity index (χ1v) is 8.82. The monoisotopic (exact) mass is 370 g/mol. The summed E-state index contributed by atoms with van der Waals surface area (Å²) in [5.41, 5.74) is 1.46. The molecule has 27 heavy (non-hydrogen) atoms. The summed E-state index contributed by atoms with van der Waals surface area (Å²) < 4.78 is 10.4. The number of ether oxygens (including phenoxy) is 2. The molecule has 7 heteroatoms. The quantitative estimate of drug-likeness (QED) is 0.478. The number of methoxy groups -OCH3 is 1. The van der Waals surface area contributed by atoms with Crippen LogP contribution in [0.5, 0.6) is 5.75 Å². The van der Waals surface area contributed by atoms with Gasteiger partial charge in [-0.2, -0.15) is 0 Å². The number of benzene rings is 2. The number of hydrogen-bond donors (Lipinski definition) is 1. The van der Waals surface area contributed by atoms with Crippen LogP contribution in [0.15, 0.2) is 54.6 Å². The third kappa shape index (κ3) is 3.78. The van der Waals surface area contributed by atoms with Gasteiger partial charge in [0.15, 0.2) is 0 Å². The lowest BCUT2D eigenvalue weighted by Gasteiger charge is -2.19. The van der Waals surface area contributed by atoms with Crippen LogP contribution >= 0.6 is 0 Å². The summed E-state index contributed by atoms with van der Waals surface area (Å²) in [6.45, 7) is 2.41. The maximum absolute atomic E-state index is 12.4. The van der Waals surface area contributed by atoms with Crippen LogP contribution in [0.2, 0.25) is 0 Å². The Kier molecular flexibility index (Phi) is 5.71. The van der Waals surface area contributed by atoms with Crippen LogP contribution < -0.4 is 10.1 Å². The Morgan fingerprint density at radius 2 is 1.78 bits per heavy atom. The standard InChI is InChI=1S/C20H22N2O5/c1-3-27-15-11-9-13(10-12-15)16-18(20(23)26-2)21-17(19(16)22(24)25)14-7-5-4-6-8-14/h4-12,16-19,21H,3H2,1-2H3/t16-,17+,18+,19+/m1/s1. The number of carbonyl (C=O) groups is 1. The fraction of sp³-hybridized carbons (Fsp3) is 0.350. The summed E-state index contributed by atoms with van der Waals surface area (Å²) in [4.78, 5) is 24.1. The molecule has 0 spiro atoms. The van der Waals surface area contributed by atoms with Crippen LogP contribution in [0.4, 0.5) is 0 Å². The molecule has 1 aliphatic rings. The van der Waals surface area contributed by atoms with Crippen molar-refractivity contribution in [3.05, 3.63) is 75.8 Å². The number of nitrogens with one attached hydrogen (secondary N) is 1. The number of carbonyl (C=O) groups excluding carboxylic acids is 1. The van der Waals surface area contributed by atoms with Gasteiger partial charge in [-0.25, -0.2) is 0 Å². The van der Waals surface area contributed by atoms with Gasteiger partial charge in [-0.15, -0.1) is 0 Å². The Balaban J connectivity index is 2.03. The second kappa shape index (κ2) is 8.18. The topological polar surface area (TPSA) is 90.7 Å². The molecule has 1 N–H and O–H groups in total. The highest BCUT2D eigenvalue weighted by molar-refractivity contribution is 5.78. The Bertz CT molecular complexity index is 794. The van der Waals surface area contributed by atoms with E-state index in [1.54, 1.807) is 24.3 Å². The van der Waals surface area contributed by atoms with Gasteiger partial charge in [0.1, 0.15) is 17.8 Å². The van der Waals surface area contributed by atoms with Gasteiger partial charge in [0, 0.05) is 4.92 Å². The minimum atomic E-state index is -1.01. The van der Waals surface area contributed by atoms with Crippen LogP contribution in [0.3, 0.4) is 0 Å². The van der Waals surface area contributed by atoms with Crippen LogP contribution in [-0.2, 0) is 9.53 Å². The molecule has 4 atom stereocenters. The summed E-state index contributed by atoms with van der Waals surface area (Å²) >= 11 is 0. The summed E-state index contributed by atoms with van der Waals surface area (Å²) in [6, 6.07) is 13.8. The average molecular weight is 370 g/mol. The summed E-state index contributed by atoms with van der Waals surface area (Å²) in [6.07, 6.45) is 0. The molecule has 1 heterocycles. The summed E-state index contributed by atoms with van der Waals surface area (Å²) in [5.74, 6) is -0.494. The van der Waals surface area contributed by atoms with E-state index in [4.69, 9.17) is 9.47 Å². The van der Waals surface area contributed by atoms with Crippen LogP contribution in [-0.4, -0.2) is 36.7 Å². The van der Waals surface area contributed by atoms with Crippen molar-refractivity contribution >= 4 is 5.97 Å². The predicted octanol–water partition coefficient (Wildman–Crippen LogP) is 2.70. The maximum atomic E-state index is 12.4. The van der Waals surface area contributed by atoms with E-state index < -0.39 is 30.0 Å². The Hall–Kier alpha value is -2.93. The minimum Gasteiger partial charge on any atom is -0.494 e. The van der Waals surface area contributed by atoms with Crippen LogP contribution in [0.1, 0.15) is 30.0 Å². The highest BCUT2D eigenvalue weighted by Gasteiger charge is 2.54. The first-order chi connectivity index (χ1) is 13.1. The first kappa shape index (κ1) is 18.8. The van der Waals surface area contributed by atoms with Gasteiger partial charge in [0.05, 0.1) is 19.6 Å². The molecular weight excluding hydrogens is 348 g/mol. The molecular formula is C20H22N2O5. The highest BCUT2D eigenvalue weighted by Crippen LogP contribution is 2.40. The SMILES string of the molecule is CCOc1ccc([C@H]2[C@H]([N+](=O)[O-])[C@H](c3ccccc3)N[C@@H]2C(=O)OC)cc1. The Morgan fingerprint density at radius 3 is 2.33 bits per heavy atom. The average Bonchev–Trinajstić information content (AvgIpc) is 3.10. The molecule has 1 aliphatic heterocycles. The number of nitro groups is 1. The molecule has 2 aromatic rings. The second-order valence-electron chi connectivity index (χ2n) is 6.36. The number of rotatable bonds is 6. The minimum absolute atomic E-state index is 0.311. The number of hydrogen-bond acceptors (Lipinski definition) is 6. The maximum Gasteiger partial charge on any atom is 0.323 e. The molecule has 3 rings (SSSR count). The van der Waals surface area contributed by atoms with Gasteiger partial charge in [-0.3, -0.25) is 20.2 Å². The molecule has 7 nitrogen and oxygen atoms in total. The third-order valence-electron chi connectivity index (χ3n) is 4.86. The van der Waals surface area contributed by atoms with Crippen LogP contribution in [0, 0.1) is 10.1 Å². The van der Waals surface area contributed by atoms with Gasteiger partial charge in [-0.1, -0.05) is 42.5 Å². The van der Waals surface area contributed by atoms with E-state index in [0.29, 0.717) is 17.9 Å². The van der Waals surface area contributed by atoms with Crippen LogP contribution in [0.25, 0.3) is 0 Å². The van der Waals surface area contributed by atoms with E-state index in [1.807, 2.05) is 37.3 Å². The van der Waals surface area contributed by atoms with Crippen molar-refractivity contribution in [3.63, 3.8) is 0 Å². The molecule has 142 valence electrons. The lowest BCUT2D eigenvalue weighted by Crippen LogP contribution is -2.37. The lowest BCUT2D eigenvalue weighted by atomic mass is 9.85. The Labute approximate surface area is 157 Å². The van der Waals surface area contributed by atoms with Crippen molar-refractivity contribution in [2.45, 2.75) is 31.0 Å². The number of nitrogens with zero attached hydrogens (tertiary/aromatic N) is 1. The van der Waals surface area contributed by atoms with Crippen molar-refractivity contribution in [2.75, 3.05) is 13.7 Å². The van der Waals surface area contributed by atoms with Gasteiger partial charge < -0.3 is 9.47 Å². The largest absolute Gasteiger partial charge is 0.494 e. The highest BCUT2D eigenvalue weighted by atomic mass is 16.6. The zero-order valence-electron chi connectivity index (χ0n) is 15.2. The molecule has 0 saturated carbocycles.